The van der Waals surface area contributed by atoms with Crippen LogP contribution in [0.25, 0.3) is 0 Å². The summed E-state index contributed by atoms with van der Waals surface area (Å²) in [6.07, 6.45) is 2.27. The monoisotopic (exact) mass is 529 g/mol. The Hall–Kier alpha value is -2.55. The highest BCUT2D eigenvalue weighted by Crippen LogP contribution is 2.49. The SMILES string of the molecule is CS(=O)c1c(O)cccc1OCCCCNC(=O)CCc1ccc(N2CC(O)NS2(O)O)c(O)c1. The Balaban J connectivity index is 1.37. The minimum atomic E-state index is -3.42. The normalized spacial score (nSPS) is 18.7. The number of rotatable bonds is 11. The topological polar surface area (TPSA) is 172 Å². The molecule has 7 N–H and O–H groups in total. The summed E-state index contributed by atoms with van der Waals surface area (Å²) in [4.78, 5) is 12.4. The van der Waals surface area contributed by atoms with Gasteiger partial charge in [-0.3, -0.25) is 22.4 Å². The number of amides is 1. The minimum absolute atomic E-state index is 0.0681. The second-order valence-corrected chi connectivity index (χ2v) is 11.0. The molecule has 1 fully saturated rings. The molecule has 1 aliphatic rings. The molecule has 11 nitrogen and oxygen atoms in total. The first kappa shape index (κ1) is 27.0. The van der Waals surface area contributed by atoms with Gasteiger partial charge in [0.05, 0.1) is 24.0 Å². The summed E-state index contributed by atoms with van der Waals surface area (Å²) in [5.41, 5.74) is 0.877. The van der Waals surface area contributed by atoms with Gasteiger partial charge in [-0.25, -0.2) is 0 Å². The molecule has 2 aromatic carbocycles. The third-order valence-corrected chi connectivity index (χ3v) is 7.82. The van der Waals surface area contributed by atoms with Crippen molar-refractivity contribution in [3.63, 3.8) is 0 Å². The van der Waals surface area contributed by atoms with Crippen LogP contribution in [0.4, 0.5) is 5.69 Å². The fraction of sp³-hybridized carbons (Fsp3) is 0.409. The molecular formula is C22H31N3O8S2. The lowest BCUT2D eigenvalue weighted by Crippen LogP contribution is -2.25. The number of aromatic hydroxyl groups is 2. The summed E-state index contributed by atoms with van der Waals surface area (Å²) in [6.45, 7) is 0.723. The van der Waals surface area contributed by atoms with Gasteiger partial charge in [-0.2, -0.15) is 4.72 Å². The van der Waals surface area contributed by atoms with Gasteiger partial charge in [-0.1, -0.05) is 23.1 Å². The summed E-state index contributed by atoms with van der Waals surface area (Å²) < 4.78 is 40.7. The number of aliphatic hydroxyl groups excluding tert-OH is 1. The summed E-state index contributed by atoms with van der Waals surface area (Å²) >= 11 is 0. The molecule has 1 heterocycles. The number of carbonyl (C=O) groups excluding carboxylic acids is 1. The maximum absolute atomic E-state index is 12.1. The van der Waals surface area contributed by atoms with E-state index in [-0.39, 0.29) is 41.0 Å². The van der Waals surface area contributed by atoms with Crippen molar-refractivity contribution in [3.8, 4) is 17.2 Å². The van der Waals surface area contributed by atoms with Gasteiger partial charge in [0.15, 0.2) is 0 Å². The second kappa shape index (κ2) is 11.9. The van der Waals surface area contributed by atoms with E-state index in [2.05, 4.69) is 10.0 Å². The predicted octanol–water partition coefficient (Wildman–Crippen LogP) is 2.05. The number of phenolic OH excluding ortho intramolecular Hbond substituents is 2. The number of aryl methyl sites for hydroxylation is 1. The first-order chi connectivity index (χ1) is 16.6. The van der Waals surface area contributed by atoms with Crippen molar-refractivity contribution in [2.75, 3.05) is 30.3 Å². The lowest BCUT2D eigenvalue weighted by atomic mass is 10.1. The maximum atomic E-state index is 12.1. The van der Waals surface area contributed by atoms with Crippen molar-refractivity contribution in [1.29, 1.82) is 0 Å². The van der Waals surface area contributed by atoms with E-state index in [9.17, 15) is 33.4 Å². The van der Waals surface area contributed by atoms with E-state index in [4.69, 9.17) is 4.74 Å². The van der Waals surface area contributed by atoms with Gasteiger partial charge in [0.1, 0.15) is 34.1 Å². The van der Waals surface area contributed by atoms with Gasteiger partial charge >= 0.3 is 0 Å². The fourth-order valence-electron chi connectivity index (χ4n) is 3.61. The van der Waals surface area contributed by atoms with Crippen molar-refractivity contribution in [2.24, 2.45) is 0 Å². The Bertz CT molecular complexity index is 1070. The minimum Gasteiger partial charge on any atom is -0.507 e. The number of nitrogens with one attached hydrogen (secondary N) is 2. The zero-order valence-corrected chi connectivity index (χ0v) is 20.8. The Labute approximate surface area is 207 Å². The van der Waals surface area contributed by atoms with Gasteiger partial charge in [0.2, 0.25) is 5.91 Å². The molecule has 1 aliphatic heterocycles. The van der Waals surface area contributed by atoms with Gasteiger partial charge in [0.25, 0.3) is 0 Å². The quantitative estimate of drug-likeness (QED) is 0.214. The van der Waals surface area contributed by atoms with Crippen LogP contribution in [0.1, 0.15) is 24.8 Å². The molecule has 2 aromatic rings. The molecular weight excluding hydrogens is 498 g/mol. The van der Waals surface area contributed by atoms with Crippen LogP contribution in [0.2, 0.25) is 0 Å². The molecule has 3 rings (SSSR count). The standard InChI is InChI=1S/C22H31N3O8S2/c1-34(30)22-17(26)5-4-6-19(22)33-12-3-2-11-23-20(28)10-8-15-7-9-16(18(27)13-15)25-14-21(29)24-35(25,31)32/h4-7,9,13,21,24,26-27,29,31-32H,2-3,8,10-12,14H2,1H3,(H,23,28). The molecule has 0 aromatic heterocycles. The molecule has 0 saturated carbocycles. The molecule has 2 unspecified atom stereocenters. The van der Waals surface area contributed by atoms with Gasteiger partial charge in [0, 0.05) is 19.2 Å². The van der Waals surface area contributed by atoms with E-state index in [0.29, 0.717) is 43.7 Å². The highest BCUT2D eigenvalue weighted by Gasteiger charge is 2.36. The zero-order valence-electron chi connectivity index (χ0n) is 19.2. The van der Waals surface area contributed by atoms with E-state index in [0.717, 1.165) is 4.31 Å². The van der Waals surface area contributed by atoms with Crippen LogP contribution in [0.5, 0.6) is 17.2 Å². The lowest BCUT2D eigenvalue weighted by Gasteiger charge is -2.36. The molecule has 2 atom stereocenters. The number of β-amino-alcohol motifs (C(OH)–C–C–N with tert-alkyl or cyclic N) is 1. The van der Waals surface area contributed by atoms with Crippen molar-refractivity contribution >= 4 is 33.4 Å². The third-order valence-electron chi connectivity index (χ3n) is 5.29. The summed E-state index contributed by atoms with van der Waals surface area (Å²) in [5, 5.41) is 32.6. The van der Waals surface area contributed by atoms with Crippen LogP contribution < -0.4 is 19.1 Å². The molecule has 1 saturated heterocycles. The number of unbranched alkanes of at least 4 members (excludes halogenated alkanes) is 1. The first-order valence-corrected chi connectivity index (χ1v) is 14.0. The highest BCUT2D eigenvalue weighted by atomic mass is 32.3. The number of hydrogen-bond donors (Lipinski definition) is 7. The van der Waals surface area contributed by atoms with E-state index in [1.54, 1.807) is 18.2 Å². The number of phenols is 2. The maximum Gasteiger partial charge on any atom is 0.220 e. The van der Waals surface area contributed by atoms with Crippen molar-refractivity contribution < 1.29 is 38.2 Å². The van der Waals surface area contributed by atoms with Gasteiger partial charge in [-0.05, 0) is 49.1 Å². The average molecular weight is 530 g/mol. The van der Waals surface area contributed by atoms with Crippen LogP contribution in [0, 0.1) is 0 Å². The Morgan fingerprint density at radius 3 is 2.66 bits per heavy atom. The Morgan fingerprint density at radius 1 is 1.23 bits per heavy atom. The van der Waals surface area contributed by atoms with E-state index in [1.165, 1.54) is 24.5 Å². The number of carbonyl (C=O) groups is 1. The number of nitrogens with zero attached hydrogens (tertiary/aromatic N) is 1. The molecule has 0 bridgehead atoms. The van der Waals surface area contributed by atoms with Crippen molar-refractivity contribution in [2.45, 2.75) is 36.8 Å². The fourth-order valence-corrected chi connectivity index (χ4v) is 5.72. The molecule has 13 heteroatoms. The van der Waals surface area contributed by atoms with Crippen molar-refractivity contribution in [1.82, 2.24) is 10.0 Å². The molecule has 35 heavy (non-hydrogen) atoms. The van der Waals surface area contributed by atoms with Crippen molar-refractivity contribution in [3.05, 3.63) is 42.0 Å². The first-order valence-electron chi connectivity index (χ1n) is 11.0. The van der Waals surface area contributed by atoms with Crippen LogP contribution in [0.3, 0.4) is 0 Å². The number of benzene rings is 2. The number of anilines is 1. The van der Waals surface area contributed by atoms with Crippen LogP contribution >= 0.6 is 11.0 Å². The molecule has 194 valence electrons. The van der Waals surface area contributed by atoms with E-state index >= 15 is 0 Å². The van der Waals surface area contributed by atoms with E-state index in [1.807, 2.05) is 0 Å². The summed E-state index contributed by atoms with van der Waals surface area (Å²) in [7, 11) is -4.79. The Morgan fingerprint density at radius 2 is 2.00 bits per heavy atom. The largest absolute Gasteiger partial charge is 0.507 e. The summed E-state index contributed by atoms with van der Waals surface area (Å²) in [6, 6.07) is 9.39. The van der Waals surface area contributed by atoms with Gasteiger partial charge in [-0.15, -0.1) is 0 Å². The highest BCUT2D eigenvalue weighted by molar-refractivity contribution is 8.24. The Kier molecular flexibility index (Phi) is 9.21. The van der Waals surface area contributed by atoms with Crippen LogP contribution in [-0.4, -0.2) is 66.7 Å². The zero-order chi connectivity index (χ0) is 25.6. The predicted molar refractivity (Wildman–Crippen MR) is 134 cm³/mol. The molecule has 0 radical (unpaired) electrons. The molecule has 0 spiro atoms. The number of hydrogen-bond acceptors (Lipinski definition) is 10. The lowest BCUT2D eigenvalue weighted by molar-refractivity contribution is -0.121. The number of ether oxygens (including phenoxy) is 1. The second-order valence-electron chi connectivity index (χ2n) is 8.00. The van der Waals surface area contributed by atoms with E-state index < -0.39 is 28.0 Å². The molecule has 1 amide bonds. The summed E-state index contributed by atoms with van der Waals surface area (Å²) in [5.74, 6) is -0.0134. The number of aliphatic hydroxyl groups is 1. The van der Waals surface area contributed by atoms with Crippen LogP contribution in [-0.2, 0) is 22.0 Å². The third kappa shape index (κ3) is 7.22. The average Bonchev–Trinajstić information content (AvgIpc) is 3.06. The molecule has 0 aliphatic carbocycles. The van der Waals surface area contributed by atoms with Gasteiger partial charge < -0.3 is 25.4 Å². The van der Waals surface area contributed by atoms with Crippen LogP contribution in [0.15, 0.2) is 41.3 Å². The smallest absolute Gasteiger partial charge is 0.220 e.